The molecule has 1 aliphatic heterocycles. The molecule has 1 atom stereocenters. The molecule has 0 amide bonds. The van der Waals surface area contributed by atoms with E-state index in [9.17, 15) is 8.42 Å². The minimum atomic E-state index is -2.90. The number of sulfone groups is 1. The maximum absolute atomic E-state index is 11.3. The summed E-state index contributed by atoms with van der Waals surface area (Å²) in [4.78, 5) is 10.5. The summed E-state index contributed by atoms with van der Waals surface area (Å²) in [6.07, 6.45) is 6.69. The zero-order valence-electron chi connectivity index (χ0n) is 9.91. The number of nitrogens with zero attached hydrogens (tertiary/aromatic N) is 3. The van der Waals surface area contributed by atoms with Crippen molar-refractivity contribution in [1.29, 1.82) is 0 Å². The highest BCUT2D eigenvalue weighted by Crippen LogP contribution is 2.20. The highest BCUT2D eigenvalue weighted by Gasteiger charge is 2.24. The second-order valence-corrected chi connectivity index (χ2v) is 6.78. The average Bonchev–Trinajstić information content (AvgIpc) is 2.28. The van der Waals surface area contributed by atoms with Crippen molar-refractivity contribution in [2.45, 2.75) is 12.8 Å². The minimum Gasteiger partial charge on any atom is -0.341 e. The Balaban J connectivity index is 2.03. The zero-order valence-corrected chi connectivity index (χ0v) is 10.7. The Hall–Kier alpha value is -1.17. The average molecular weight is 255 g/mol. The smallest absolute Gasteiger partial charge is 0.225 e. The topological polar surface area (TPSA) is 63.2 Å². The van der Waals surface area contributed by atoms with Crippen LogP contribution in [0.5, 0.6) is 0 Å². The summed E-state index contributed by atoms with van der Waals surface area (Å²) >= 11 is 0. The van der Waals surface area contributed by atoms with Crippen LogP contribution < -0.4 is 4.90 Å². The first-order chi connectivity index (χ1) is 8.04. The first kappa shape index (κ1) is 12.3. The van der Waals surface area contributed by atoms with Crippen LogP contribution in [0, 0.1) is 5.92 Å². The van der Waals surface area contributed by atoms with Gasteiger partial charge in [-0.2, -0.15) is 0 Å². The molecule has 1 aromatic heterocycles. The van der Waals surface area contributed by atoms with Gasteiger partial charge in [0.15, 0.2) is 0 Å². The predicted octanol–water partition coefficient (Wildman–Crippen LogP) is 0.738. The number of hydrogen-bond donors (Lipinski definition) is 0. The van der Waals surface area contributed by atoms with Crippen molar-refractivity contribution in [3.63, 3.8) is 0 Å². The number of aromatic nitrogens is 2. The third-order valence-corrected chi connectivity index (χ3v) is 3.97. The fourth-order valence-corrected chi connectivity index (χ4v) is 3.39. The summed E-state index contributed by atoms with van der Waals surface area (Å²) < 4.78 is 22.6. The van der Waals surface area contributed by atoms with Crippen molar-refractivity contribution in [3.05, 3.63) is 18.5 Å². The predicted molar refractivity (Wildman–Crippen MR) is 66.7 cm³/mol. The maximum atomic E-state index is 11.3. The maximum Gasteiger partial charge on any atom is 0.225 e. The van der Waals surface area contributed by atoms with Crippen LogP contribution in [-0.2, 0) is 9.84 Å². The van der Waals surface area contributed by atoms with E-state index in [1.54, 1.807) is 18.5 Å². The lowest BCUT2D eigenvalue weighted by molar-refractivity contribution is 0.440. The van der Waals surface area contributed by atoms with Crippen molar-refractivity contribution in [3.8, 4) is 0 Å². The van der Waals surface area contributed by atoms with E-state index in [1.807, 2.05) is 0 Å². The number of anilines is 1. The Labute approximate surface area is 102 Å². The zero-order chi connectivity index (χ0) is 12.3. The van der Waals surface area contributed by atoms with Crippen LogP contribution in [0.4, 0.5) is 5.95 Å². The lowest BCUT2D eigenvalue weighted by Crippen LogP contribution is -2.38. The van der Waals surface area contributed by atoms with Gasteiger partial charge in [0.25, 0.3) is 0 Å². The molecule has 0 spiro atoms. The van der Waals surface area contributed by atoms with Crippen LogP contribution in [0.2, 0.25) is 0 Å². The van der Waals surface area contributed by atoms with Crippen molar-refractivity contribution in [2.75, 3.05) is 30.0 Å². The Bertz CT molecular complexity index is 461. The van der Waals surface area contributed by atoms with Gasteiger partial charge in [-0.3, -0.25) is 0 Å². The van der Waals surface area contributed by atoms with Gasteiger partial charge in [-0.05, 0) is 24.8 Å². The van der Waals surface area contributed by atoms with Gasteiger partial charge < -0.3 is 4.90 Å². The molecular weight excluding hydrogens is 238 g/mol. The lowest BCUT2D eigenvalue weighted by Gasteiger charge is -2.32. The second-order valence-electron chi connectivity index (χ2n) is 4.60. The molecule has 2 rings (SSSR count). The van der Waals surface area contributed by atoms with Crippen LogP contribution >= 0.6 is 0 Å². The summed E-state index contributed by atoms with van der Waals surface area (Å²) in [5.74, 6) is 1.16. The fourth-order valence-electron chi connectivity index (χ4n) is 2.27. The molecule has 0 aliphatic carbocycles. The molecule has 1 aromatic rings. The monoisotopic (exact) mass is 255 g/mol. The first-order valence-electron chi connectivity index (χ1n) is 5.74. The SMILES string of the molecule is CS(=O)(=O)C[C@@H]1CCCN(c2ncccn2)C1. The molecule has 0 unspecified atom stereocenters. The van der Waals surface area contributed by atoms with Crippen LogP contribution in [0.25, 0.3) is 0 Å². The Morgan fingerprint density at radius 3 is 2.76 bits per heavy atom. The Kier molecular flexibility index (Phi) is 3.61. The molecule has 5 nitrogen and oxygen atoms in total. The highest BCUT2D eigenvalue weighted by molar-refractivity contribution is 7.90. The summed E-state index contributed by atoms with van der Waals surface area (Å²) in [5.41, 5.74) is 0. The lowest BCUT2D eigenvalue weighted by atomic mass is 10.0. The van der Waals surface area contributed by atoms with E-state index in [0.29, 0.717) is 5.95 Å². The molecular formula is C11H17N3O2S. The number of piperidine rings is 1. The van der Waals surface area contributed by atoms with E-state index in [1.165, 1.54) is 6.26 Å². The van der Waals surface area contributed by atoms with Gasteiger partial charge >= 0.3 is 0 Å². The number of hydrogen-bond acceptors (Lipinski definition) is 5. The molecule has 1 aliphatic rings. The standard InChI is InChI=1S/C11H17N3O2S/c1-17(15,16)9-10-4-2-7-14(8-10)11-12-5-3-6-13-11/h3,5-6,10H,2,4,7-9H2,1H3/t10-/m1/s1. The van der Waals surface area contributed by atoms with Crippen molar-refractivity contribution < 1.29 is 8.42 Å². The Morgan fingerprint density at radius 1 is 1.41 bits per heavy atom. The highest BCUT2D eigenvalue weighted by atomic mass is 32.2. The largest absolute Gasteiger partial charge is 0.341 e. The molecule has 17 heavy (non-hydrogen) atoms. The second kappa shape index (κ2) is 5.00. The molecule has 0 radical (unpaired) electrons. The van der Waals surface area contributed by atoms with Gasteiger partial charge in [-0.15, -0.1) is 0 Å². The van der Waals surface area contributed by atoms with E-state index in [4.69, 9.17) is 0 Å². The molecule has 0 N–H and O–H groups in total. The minimum absolute atomic E-state index is 0.197. The van der Waals surface area contributed by atoms with Gasteiger partial charge in [0, 0.05) is 31.7 Å². The summed E-state index contributed by atoms with van der Waals surface area (Å²) in [7, 11) is -2.90. The van der Waals surface area contributed by atoms with Gasteiger partial charge in [-0.1, -0.05) is 0 Å². The normalized spacial score (nSPS) is 21.5. The third kappa shape index (κ3) is 3.66. The molecule has 2 heterocycles. The first-order valence-corrected chi connectivity index (χ1v) is 7.80. The third-order valence-electron chi connectivity index (χ3n) is 2.89. The van der Waals surface area contributed by atoms with Gasteiger partial charge in [0.05, 0.1) is 5.75 Å². The Morgan fingerprint density at radius 2 is 2.12 bits per heavy atom. The van der Waals surface area contributed by atoms with Crippen LogP contribution in [-0.4, -0.2) is 43.5 Å². The quantitative estimate of drug-likeness (QED) is 0.797. The summed E-state index contributed by atoms with van der Waals surface area (Å²) in [6.45, 7) is 1.64. The van der Waals surface area contributed by atoms with E-state index in [2.05, 4.69) is 14.9 Å². The van der Waals surface area contributed by atoms with Gasteiger partial charge in [0.1, 0.15) is 9.84 Å². The van der Waals surface area contributed by atoms with E-state index in [0.717, 1.165) is 25.9 Å². The molecule has 94 valence electrons. The van der Waals surface area contributed by atoms with E-state index >= 15 is 0 Å². The van der Waals surface area contributed by atoms with Crippen LogP contribution in [0.15, 0.2) is 18.5 Å². The summed E-state index contributed by atoms with van der Waals surface area (Å²) in [5, 5.41) is 0. The molecule has 6 heteroatoms. The number of rotatable bonds is 3. The van der Waals surface area contributed by atoms with Crippen LogP contribution in [0.1, 0.15) is 12.8 Å². The molecule has 0 aromatic carbocycles. The molecule has 1 saturated heterocycles. The molecule has 0 saturated carbocycles. The van der Waals surface area contributed by atoms with Crippen molar-refractivity contribution in [2.24, 2.45) is 5.92 Å². The summed E-state index contributed by atoms with van der Waals surface area (Å²) in [6, 6.07) is 1.78. The fraction of sp³-hybridized carbons (Fsp3) is 0.636. The van der Waals surface area contributed by atoms with Crippen molar-refractivity contribution >= 4 is 15.8 Å². The van der Waals surface area contributed by atoms with Gasteiger partial charge in [0.2, 0.25) is 5.95 Å². The van der Waals surface area contributed by atoms with Crippen molar-refractivity contribution in [1.82, 2.24) is 9.97 Å². The van der Waals surface area contributed by atoms with E-state index in [-0.39, 0.29) is 11.7 Å². The van der Waals surface area contributed by atoms with E-state index < -0.39 is 9.84 Å². The van der Waals surface area contributed by atoms with Crippen LogP contribution in [0.3, 0.4) is 0 Å². The molecule has 1 fully saturated rings. The molecule has 0 bridgehead atoms. The van der Waals surface area contributed by atoms with Gasteiger partial charge in [-0.25, -0.2) is 18.4 Å².